The van der Waals surface area contributed by atoms with Crippen LogP contribution in [0, 0.1) is 6.92 Å². The number of nitrogens with zero attached hydrogens (tertiary/aromatic N) is 3. The molecule has 2 saturated heterocycles. The molecule has 0 amide bonds. The molecule has 2 N–H and O–H groups in total. The van der Waals surface area contributed by atoms with Gasteiger partial charge in [0.25, 0.3) is 0 Å². The number of fused-ring (bicyclic) bond motifs is 1. The zero-order valence-corrected chi connectivity index (χ0v) is 12.5. The Labute approximate surface area is 121 Å². The van der Waals surface area contributed by atoms with E-state index >= 15 is 0 Å². The lowest BCUT2D eigenvalue weighted by molar-refractivity contribution is 0.318. The van der Waals surface area contributed by atoms with Gasteiger partial charge in [0.2, 0.25) is 5.95 Å². The topological polar surface area (TPSA) is 53.1 Å². The van der Waals surface area contributed by atoms with E-state index in [-0.39, 0.29) is 0 Å². The number of nitrogens with one attached hydrogen (secondary N) is 2. The Morgan fingerprint density at radius 3 is 3.10 bits per heavy atom. The van der Waals surface area contributed by atoms with Gasteiger partial charge in [0, 0.05) is 36.9 Å². The summed E-state index contributed by atoms with van der Waals surface area (Å²) < 4.78 is 0. The molecule has 2 aliphatic heterocycles. The summed E-state index contributed by atoms with van der Waals surface area (Å²) in [5, 5.41) is 6.93. The number of hydrogen-bond donors (Lipinski definition) is 2. The van der Waals surface area contributed by atoms with E-state index in [1.54, 1.807) is 0 Å². The lowest BCUT2D eigenvalue weighted by Crippen LogP contribution is -2.34. The van der Waals surface area contributed by atoms with E-state index in [4.69, 9.17) is 0 Å². The minimum atomic E-state index is 0.546. The third kappa shape index (κ3) is 2.73. The third-order valence-corrected chi connectivity index (χ3v) is 4.43. The molecule has 2 aliphatic rings. The summed E-state index contributed by atoms with van der Waals surface area (Å²) in [5.41, 5.74) is 1.13. The van der Waals surface area contributed by atoms with Crippen molar-refractivity contribution in [1.82, 2.24) is 14.9 Å². The van der Waals surface area contributed by atoms with Gasteiger partial charge in [0.15, 0.2) is 0 Å². The minimum Gasteiger partial charge on any atom is -0.365 e. The Morgan fingerprint density at radius 2 is 2.25 bits per heavy atom. The predicted octanol–water partition coefficient (Wildman–Crippen LogP) is 2.26. The fraction of sp³-hybridized carbons (Fsp3) is 0.733. The smallest absolute Gasteiger partial charge is 0.224 e. The summed E-state index contributed by atoms with van der Waals surface area (Å²) in [6.07, 6.45) is 6.89. The van der Waals surface area contributed by atoms with Crippen LogP contribution in [0.25, 0.3) is 0 Å². The van der Waals surface area contributed by atoms with E-state index in [2.05, 4.69) is 39.3 Å². The first kappa shape index (κ1) is 13.6. The van der Waals surface area contributed by atoms with Crippen LogP contribution in [0.15, 0.2) is 6.20 Å². The van der Waals surface area contributed by atoms with Crippen molar-refractivity contribution in [3.8, 4) is 0 Å². The largest absolute Gasteiger partial charge is 0.365 e. The normalized spacial score (nSPS) is 25.7. The van der Waals surface area contributed by atoms with Crippen LogP contribution >= 0.6 is 0 Å². The first-order valence-electron chi connectivity index (χ1n) is 7.86. The van der Waals surface area contributed by atoms with Crippen LogP contribution in [0.5, 0.6) is 0 Å². The van der Waals surface area contributed by atoms with Gasteiger partial charge < -0.3 is 10.6 Å². The Bertz CT molecular complexity index is 462. The van der Waals surface area contributed by atoms with Crippen molar-refractivity contribution < 1.29 is 0 Å². The fourth-order valence-electron chi connectivity index (χ4n) is 3.34. The lowest BCUT2D eigenvalue weighted by Gasteiger charge is -2.22. The van der Waals surface area contributed by atoms with Gasteiger partial charge in [-0.15, -0.1) is 0 Å². The Morgan fingerprint density at radius 1 is 1.35 bits per heavy atom. The molecule has 3 rings (SSSR count). The molecule has 0 spiro atoms. The molecular weight excluding hydrogens is 250 g/mol. The molecule has 0 aromatic carbocycles. The average molecular weight is 275 g/mol. The van der Waals surface area contributed by atoms with Crippen molar-refractivity contribution in [1.29, 1.82) is 0 Å². The number of hydrogen-bond acceptors (Lipinski definition) is 5. The molecule has 2 unspecified atom stereocenters. The summed E-state index contributed by atoms with van der Waals surface area (Å²) in [7, 11) is 0. The van der Waals surface area contributed by atoms with Crippen molar-refractivity contribution in [2.24, 2.45) is 0 Å². The van der Waals surface area contributed by atoms with Crippen molar-refractivity contribution in [3.63, 3.8) is 0 Å². The van der Waals surface area contributed by atoms with Crippen LogP contribution in [0.3, 0.4) is 0 Å². The summed E-state index contributed by atoms with van der Waals surface area (Å²) >= 11 is 0. The van der Waals surface area contributed by atoms with Gasteiger partial charge in [0.05, 0.1) is 0 Å². The molecule has 1 aromatic heterocycles. The van der Waals surface area contributed by atoms with Gasteiger partial charge in [-0.1, -0.05) is 6.92 Å². The summed E-state index contributed by atoms with van der Waals surface area (Å²) in [6, 6.07) is 1.25. The van der Waals surface area contributed by atoms with Gasteiger partial charge >= 0.3 is 0 Å². The first-order valence-corrected chi connectivity index (χ1v) is 7.86. The van der Waals surface area contributed by atoms with Gasteiger partial charge in [0.1, 0.15) is 5.82 Å². The molecule has 1 aromatic rings. The third-order valence-electron chi connectivity index (χ3n) is 4.43. The molecule has 0 radical (unpaired) electrons. The van der Waals surface area contributed by atoms with E-state index < -0.39 is 0 Å². The van der Waals surface area contributed by atoms with Crippen LogP contribution < -0.4 is 10.6 Å². The zero-order valence-electron chi connectivity index (χ0n) is 12.5. The summed E-state index contributed by atoms with van der Waals surface area (Å²) in [6.45, 7) is 7.64. The molecule has 3 heterocycles. The van der Waals surface area contributed by atoms with E-state index in [0.29, 0.717) is 12.1 Å². The molecule has 110 valence electrons. The Kier molecular flexibility index (Phi) is 4.05. The number of rotatable bonds is 5. The highest BCUT2D eigenvalue weighted by molar-refractivity contribution is 5.47. The molecule has 20 heavy (non-hydrogen) atoms. The molecule has 2 fully saturated rings. The van der Waals surface area contributed by atoms with Crippen molar-refractivity contribution >= 4 is 11.8 Å². The molecule has 5 heteroatoms. The Balaban J connectivity index is 1.69. The molecule has 0 aliphatic carbocycles. The minimum absolute atomic E-state index is 0.546. The highest BCUT2D eigenvalue weighted by atomic mass is 15.3. The molecule has 0 bridgehead atoms. The van der Waals surface area contributed by atoms with E-state index in [1.807, 2.05) is 6.20 Å². The predicted molar refractivity (Wildman–Crippen MR) is 82.2 cm³/mol. The average Bonchev–Trinajstić information content (AvgIpc) is 3.04. The maximum atomic E-state index is 4.64. The van der Waals surface area contributed by atoms with Crippen LogP contribution in [-0.4, -0.2) is 46.6 Å². The summed E-state index contributed by atoms with van der Waals surface area (Å²) in [5.74, 6) is 1.73. The molecule has 5 nitrogen and oxygen atoms in total. The first-order chi connectivity index (χ1) is 9.78. The SMILES string of the molecule is CCCNc1ncc(C)c(NC2CCN3CCCC23)n1. The maximum absolute atomic E-state index is 4.64. The van der Waals surface area contributed by atoms with Crippen LogP contribution in [0.2, 0.25) is 0 Å². The number of anilines is 2. The van der Waals surface area contributed by atoms with Crippen molar-refractivity contribution in [2.75, 3.05) is 30.3 Å². The second-order valence-electron chi connectivity index (χ2n) is 5.94. The molecule has 0 saturated carbocycles. The highest BCUT2D eigenvalue weighted by Crippen LogP contribution is 2.30. The quantitative estimate of drug-likeness (QED) is 0.863. The number of aryl methyl sites for hydroxylation is 1. The highest BCUT2D eigenvalue weighted by Gasteiger charge is 2.37. The maximum Gasteiger partial charge on any atom is 0.224 e. The standard InChI is InChI=1S/C15H25N5/c1-3-7-16-15-17-10-11(2)14(19-15)18-12-6-9-20-8-4-5-13(12)20/h10,12-13H,3-9H2,1-2H3,(H2,16,17,18,19). The fourth-order valence-corrected chi connectivity index (χ4v) is 3.34. The summed E-state index contributed by atoms with van der Waals surface area (Å²) in [4.78, 5) is 11.6. The monoisotopic (exact) mass is 275 g/mol. The zero-order chi connectivity index (χ0) is 13.9. The lowest BCUT2D eigenvalue weighted by atomic mass is 10.1. The van der Waals surface area contributed by atoms with Crippen LogP contribution in [-0.2, 0) is 0 Å². The van der Waals surface area contributed by atoms with Gasteiger partial charge in [-0.05, 0) is 39.2 Å². The van der Waals surface area contributed by atoms with E-state index in [9.17, 15) is 0 Å². The Hall–Kier alpha value is -1.36. The van der Waals surface area contributed by atoms with Crippen molar-refractivity contribution in [2.45, 2.75) is 51.6 Å². The van der Waals surface area contributed by atoms with Gasteiger partial charge in [-0.25, -0.2) is 4.98 Å². The number of aromatic nitrogens is 2. The van der Waals surface area contributed by atoms with E-state index in [1.165, 1.54) is 32.4 Å². The van der Waals surface area contributed by atoms with Crippen LogP contribution in [0.4, 0.5) is 11.8 Å². The molecule has 2 atom stereocenters. The van der Waals surface area contributed by atoms with E-state index in [0.717, 1.165) is 30.3 Å². The second kappa shape index (κ2) is 5.95. The second-order valence-corrected chi connectivity index (χ2v) is 5.94. The van der Waals surface area contributed by atoms with Crippen LogP contribution in [0.1, 0.15) is 38.2 Å². The van der Waals surface area contributed by atoms with Gasteiger partial charge in [-0.3, -0.25) is 4.90 Å². The van der Waals surface area contributed by atoms with Crippen molar-refractivity contribution in [3.05, 3.63) is 11.8 Å². The van der Waals surface area contributed by atoms with Gasteiger partial charge in [-0.2, -0.15) is 4.98 Å². The molecular formula is C15H25N5.